The number of nitrogens with one attached hydrogen (secondary N) is 2. The fraction of sp³-hybridized carbons (Fsp3) is 0.421. The third kappa shape index (κ3) is 6.14. The highest BCUT2D eigenvalue weighted by molar-refractivity contribution is 7.89. The predicted octanol–water partition coefficient (Wildman–Crippen LogP) is 2.45. The molecule has 2 rings (SSSR count). The zero-order valence-corrected chi connectivity index (χ0v) is 17.8. The van der Waals surface area contributed by atoms with Crippen LogP contribution in [0.3, 0.4) is 0 Å². The van der Waals surface area contributed by atoms with Gasteiger partial charge in [-0.3, -0.25) is 4.79 Å². The van der Waals surface area contributed by atoms with Crippen molar-refractivity contribution in [2.75, 3.05) is 27.2 Å². The first-order chi connectivity index (χ1) is 12.7. The topological polar surface area (TPSA) is 78.5 Å². The van der Waals surface area contributed by atoms with E-state index in [2.05, 4.69) is 14.9 Å². The standard InChI is InChI=1S/C19H27N3O3S2/c1-14-7-8-15(2)18(12-14)27(24,25)21-10-9-19(23)20-13-16(22(3)4)17-6-5-11-26-17/h5-8,11-12,16,21H,9-10,13H2,1-4H3,(H,20,23). The maximum atomic E-state index is 12.4. The molecule has 0 radical (unpaired) electrons. The Hall–Kier alpha value is -1.74. The molecule has 27 heavy (non-hydrogen) atoms. The summed E-state index contributed by atoms with van der Waals surface area (Å²) in [4.78, 5) is 15.6. The van der Waals surface area contributed by atoms with E-state index in [0.717, 1.165) is 5.56 Å². The lowest BCUT2D eigenvalue weighted by atomic mass is 10.2. The fourth-order valence-corrected chi connectivity index (χ4v) is 4.97. The summed E-state index contributed by atoms with van der Waals surface area (Å²) in [5.41, 5.74) is 1.56. The largest absolute Gasteiger partial charge is 0.354 e. The Balaban J connectivity index is 1.86. The molecule has 1 aromatic heterocycles. The summed E-state index contributed by atoms with van der Waals surface area (Å²) >= 11 is 1.65. The summed E-state index contributed by atoms with van der Waals surface area (Å²) < 4.78 is 27.4. The van der Waals surface area contributed by atoms with E-state index >= 15 is 0 Å². The Morgan fingerprint density at radius 1 is 1.22 bits per heavy atom. The monoisotopic (exact) mass is 409 g/mol. The second-order valence-corrected chi connectivity index (χ2v) is 9.43. The lowest BCUT2D eigenvalue weighted by Gasteiger charge is -2.23. The number of carbonyl (C=O) groups excluding carboxylic acids is 1. The molecule has 1 amide bonds. The normalized spacial score (nSPS) is 12.9. The number of carbonyl (C=O) groups is 1. The predicted molar refractivity (Wildman–Crippen MR) is 109 cm³/mol. The molecule has 0 aliphatic rings. The van der Waals surface area contributed by atoms with Crippen molar-refractivity contribution in [2.24, 2.45) is 0 Å². The lowest BCUT2D eigenvalue weighted by Crippen LogP contribution is -2.36. The van der Waals surface area contributed by atoms with E-state index in [1.165, 1.54) is 4.88 Å². The molecule has 1 heterocycles. The van der Waals surface area contributed by atoms with Gasteiger partial charge in [0.05, 0.1) is 10.9 Å². The van der Waals surface area contributed by atoms with Crippen molar-refractivity contribution in [3.63, 3.8) is 0 Å². The number of benzene rings is 1. The number of likely N-dealkylation sites (N-methyl/N-ethyl adjacent to an activating group) is 1. The van der Waals surface area contributed by atoms with Crippen molar-refractivity contribution in [1.29, 1.82) is 0 Å². The number of hydrogen-bond acceptors (Lipinski definition) is 5. The first-order valence-electron chi connectivity index (χ1n) is 8.74. The van der Waals surface area contributed by atoms with Gasteiger partial charge in [-0.15, -0.1) is 11.3 Å². The van der Waals surface area contributed by atoms with Gasteiger partial charge in [-0.1, -0.05) is 18.2 Å². The van der Waals surface area contributed by atoms with Gasteiger partial charge in [-0.25, -0.2) is 13.1 Å². The summed E-state index contributed by atoms with van der Waals surface area (Å²) in [5.74, 6) is -0.179. The Labute approximate surface area is 165 Å². The van der Waals surface area contributed by atoms with Crippen molar-refractivity contribution >= 4 is 27.3 Å². The van der Waals surface area contributed by atoms with Crippen LogP contribution in [-0.4, -0.2) is 46.4 Å². The first kappa shape index (κ1) is 21.6. The molecule has 0 fully saturated rings. The third-order valence-corrected chi connectivity index (χ3v) is 6.84. The fourth-order valence-electron chi connectivity index (χ4n) is 2.69. The van der Waals surface area contributed by atoms with Gasteiger partial charge in [-0.05, 0) is 56.6 Å². The van der Waals surface area contributed by atoms with Gasteiger partial charge in [0.25, 0.3) is 0 Å². The van der Waals surface area contributed by atoms with Crippen LogP contribution in [0.1, 0.15) is 28.5 Å². The molecule has 0 bridgehead atoms. The first-order valence-corrected chi connectivity index (χ1v) is 11.1. The average molecular weight is 410 g/mol. The molecule has 0 aliphatic heterocycles. The van der Waals surface area contributed by atoms with Crippen LogP contribution < -0.4 is 10.0 Å². The van der Waals surface area contributed by atoms with Gasteiger partial charge >= 0.3 is 0 Å². The summed E-state index contributed by atoms with van der Waals surface area (Å²) in [6.07, 6.45) is 0.0919. The summed E-state index contributed by atoms with van der Waals surface area (Å²) in [6.45, 7) is 4.15. The lowest BCUT2D eigenvalue weighted by molar-refractivity contribution is -0.121. The van der Waals surface area contributed by atoms with Crippen molar-refractivity contribution in [3.05, 3.63) is 51.7 Å². The molecule has 1 atom stereocenters. The number of rotatable bonds is 9. The van der Waals surface area contributed by atoms with Crippen molar-refractivity contribution in [3.8, 4) is 0 Å². The van der Waals surface area contributed by atoms with Crippen LogP contribution in [0, 0.1) is 13.8 Å². The molecule has 0 aliphatic carbocycles. The Kier molecular flexibility index (Phi) is 7.55. The Morgan fingerprint density at radius 2 is 1.96 bits per heavy atom. The summed E-state index contributed by atoms with van der Waals surface area (Å²) in [7, 11) is 0.308. The molecule has 0 saturated carbocycles. The zero-order chi connectivity index (χ0) is 20.0. The van der Waals surface area contributed by atoms with E-state index in [-0.39, 0.29) is 29.8 Å². The van der Waals surface area contributed by atoms with Crippen molar-refractivity contribution in [1.82, 2.24) is 14.9 Å². The highest BCUT2D eigenvalue weighted by Gasteiger charge is 2.18. The number of sulfonamides is 1. The number of aryl methyl sites for hydroxylation is 2. The average Bonchev–Trinajstić information content (AvgIpc) is 3.11. The van der Waals surface area contributed by atoms with Crippen molar-refractivity contribution in [2.45, 2.75) is 31.2 Å². The molecule has 8 heteroatoms. The van der Waals surface area contributed by atoms with Gasteiger partial charge in [0.15, 0.2) is 0 Å². The van der Waals surface area contributed by atoms with E-state index in [4.69, 9.17) is 0 Å². The molecule has 2 aromatic rings. The van der Waals surface area contributed by atoms with Gasteiger partial charge < -0.3 is 10.2 Å². The SMILES string of the molecule is Cc1ccc(C)c(S(=O)(=O)NCCC(=O)NCC(c2cccs2)N(C)C)c1. The molecule has 0 saturated heterocycles. The van der Waals surface area contributed by atoms with E-state index in [1.807, 2.05) is 44.6 Å². The smallest absolute Gasteiger partial charge is 0.240 e. The van der Waals surface area contributed by atoms with Crippen LogP contribution in [0.25, 0.3) is 0 Å². The van der Waals surface area contributed by atoms with Crippen LogP contribution >= 0.6 is 11.3 Å². The van der Waals surface area contributed by atoms with Gasteiger partial charge in [0.1, 0.15) is 0 Å². The second-order valence-electron chi connectivity index (χ2n) is 6.72. The van der Waals surface area contributed by atoms with Crippen LogP contribution in [-0.2, 0) is 14.8 Å². The maximum Gasteiger partial charge on any atom is 0.240 e. The molecular formula is C19H27N3O3S2. The quantitative estimate of drug-likeness (QED) is 0.667. The number of hydrogen-bond donors (Lipinski definition) is 2. The minimum atomic E-state index is -3.63. The van der Waals surface area contributed by atoms with Gasteiger partial charge in [0.2, 0.25) is 15.9 Å². The number of amides is 1. The Bertz CT molecular complexity index is 862. The number of nitrogens with zero attached hydrogens (tertiary/aromatic N) is 1. The van der Waals surface area contributed by atoms with E-state index in [0.29, 0.717) is 12.1 Å². The van der Waals surface area contributed by atoms with E-state index in [1.54, 1.807) is 30.4 Å². The minimum Gasteiger partial charge on any atom is -0.354 e. The molecule has 6 nitrogen and oxygen atoms in total. The van der Waals surface area contributed by atoms with Crippen LogP contribution in [0.5, 0.6) is 0 Å². The molecule has 2 N–H and O–H groups in total. The molecule has 148 valence electrons. The maximum absolute atomic E-state index is 12.4. The highest BCUT2D eigenvalue weighted by Crippen LogP contribution is 2.22. The second kappa shape index (κ2) is 9.45. The van der Waals surface area contributed by atoms with Crippen LogP contribution in [0.2, 0.25) is 0 Å². The van der Waals surface area contributed by atoms with E-state index in [9.17, 15) is 13.2 Å². The molecular weight excluding hydrogens is 382 g/mol. The third-order valence-electron chi connectivity index (χ3n) is 4.26. The highest BCUT2D eigenvalue weighted by atomic mass is 32.2. The zero-order valence-electron chi connectivity index (χ0n) is 16.2. The van der Waals surface area contributed by atoms with Crippen LogP contribution in [0.15, 0.2) is 40.6 Å². The van der Waals surface area contributed by atoms with Crippen molar-refractivity contribution < 1.29 is 13.2 Å². The van der Waals surface area contributed by atoms with Gasteiger partial charge in [0, 0.05) is 24.4 Å². The molecule has 1 aromatic carbocycles. The molecule has 1 unspecified atom stereocenters. The summed E-state index contributed by atoms with van der Waals surface area (Å²) in [6, 6.07) is 9.42. The summed E-state index contributed by atoms with van der Waals surface area (Å²) in [5, 5.41) is 4.90. The minimum absolute atomic E-state index is 0.0627. The Morgan fingerprint density at radius 3 is 2.59 bits per heavy atom. The van der Waals surface area contributed by atoms with E-state index < -0.39 is 10.0 Å². The number of thiophene rings is 1. The van der Waals surface area contributed by atoms with Gasteiger partial charge in [-0.2, -0.15) is 0 Å². The molecule has 0 spiro atoms. The van der Waals surface area contributed by atoms with Crippen LogP contribution in [0.4, 0.5) is 0 Å².